The lowest BCUT2D eigenvalue weighted by molar-refractivity contribution is 0.0697. The second-order valence-corrected chi connectivity index (χ2v) is 4.77. The van der Waals surface area contributed by atoms with E-state index in [0.29, 0.717) is 11.3 Å². The molecule has 3 nitrogen and oxygen atoms in total. The monoisotopic (exact) mass is 324 g/mol. The lowest BCUT2D eigenvalue weighted by Crippen LogP contribution is -2.00. The molecule has 0 amide bonds. The Labute approximate surface area is 117 Å². The second kappa shape index (κ2) is 5.84. The molecular formula is C14H10BrFO3. The zero-order valence-corrected chi connectivity index (χ0v) is 11.4. The molecule has 0 spiro atoms. The Morgan fingerprint density at radius 1 is 1.21 bits per heavy atom. The highest BCUT2D eigenvalue weighted by atomic mass is 79.9. The molecule has 98 valence electrons. The number of hydrogen-bond donors (Lipinski definition) is 1. The van der Waals surface area contributed by atoms with E-state index in [1.807, 2.05) is 0 Å². The van der Waals surface area contributed by atoms with E-state index >= 15 is 0 Å². The Bertz CT molecular complexity index is 596. The molecule has 19 heavy (non-hydrogen) atoms. The first kappa shape index (κ1) is 13.5. The summed E-state index contributed by atoms with van der Waals surface area (Å²) in [6.45, 7) is 0.0810. The van der Waals surface area contributed by atoms with Crippen molar-refractivity contribution in [2.45, 2.75) is 6.61 Å². The number of carbonyl (C=O) groups is 1. The summed E-state index contributed by atoms with van der Waals surface area (Å²) < 4.78 is 19.6. The molecule has 0 radical (unpaired) electrons. The van der Waals surface area contributed by atoms with Gasteiger partial charge in [-0.15, -0.1) is 0 Å². The Hall–Kier alpha value is -1.88. The average Bonchev–Trinajstić information content (AvgIpc) is 2.40. The minimum atomic E-state index is -0.996. The Balaban J connectivity index is 2.06. The van der Waals surface area contributed by atoms with E-state index in [4.69, 9.17) is 9.84 Å². The molecule has 0 saturated carbocycles. The van der Waals surface area contributed by atoms with E-state index in [2.05, 4.69) is 15.9 Å². The highest BCUT2D eigenvalue weighted by Gasteiger charge is 2.05. The van der Waals surface area contributed by atoms with Crippen molar-refractivity contribution in [3.63, 3.8) is 0 Å². The Kier molecular flexibility index (Phi) is 4.16. The molecule has 5 heteroatoms. The maximum Gasteiger partial charge on any atom is 0.335 e. The molecule has 0 atom stereocenters. The van der Waals surface area contributed by atoms with Crippen LogP contribution in [-0.2, 0) is 6.61 Å². The van der Waals surface area contributed by atoms with E-state index in [1.165, 1.54) is 18.2 Å². The van der Waals surface area contributed by atoms with Crippen LogP contribution in [0.15, 0.2) is 46.9 Å². The Morgan fingerprint density at radius 2 is 1.89 bits per heavy atom. The highest BCUT2D eigenvalue weighted by Crippen LogP contribution is 2.19. The number of ether oxygens (including phenoxy) is 1. The van der Waals surface area contributed by atoms with Crippen LogP contribution in [0, 0.1) is 5.82 Å². The zero-order chi connectivity index (χ0) is 13.8. The summed E-state index contributed by atoms with van der Waals surface area (Å²) in [7, 11) is 0. The minimum absolute atomic E-state index is 0.0810. The third kappa shape index (κ3) is 3.54. The maximum atomic E-state index is 13.5. The van der Waals surface area contributed by atoms with Crippen molar-refractivity contribution < 1.29 is 19.0 Å². The molecule has 0 saturated heterocycles. The lowest BCUT2D eigenvalue weighted by Gasteiger charge is -2.07. The van der Waals surface area contributed by atoms with Gasteiger partial charge >= 0.3 is 5.97 Å². The summed E-state index contributed by atoms with van der Waals surface area (Å²) in [6.07, 6.45) is 0. The summed E-state index contributed by atoms with van der Waals surface area (Å²) in [6, 6.07) is 10.6. The SMILES string of the molecule is O=C(O)c1ccc(OCc2cc(Br)ccc2F)cc1. The molecule has 0 aliphatic carbocycles. The summed E-state index contributed by atoms with van der Waals surface area (Å²) >= 11 is 3.26. The normalized spacial score (nSPS) is 10.2. The van der Waals surface area contributed by atoms with Crippen LogP contribution in [0.2, 0.25) is 0 Å². The molecule has 0 bridgehead atoms. The van der Waals surface area contributed by atoms with Crippen LogP contribution >= 0.6 is 15.9 Å². The van der Waals surface area contributed by atoms with Gasteiger partial charge in [0, 0.05) is 10.0 Å². The number of carboxylic acids is 1. The fourth-order valence-corrected chi connectivity index (χ4v) is 1.92. The third-order valence-electron chi connectivity index (χ3n) is 2.50. The summed E-state index contributed by atoms with van der Waals surface area (Å²) in [5.41, 5.74) is 0.609. The van der Waals surface area contributed by atoms with Crippen molar-refractivity contribution in [2.24, 2.45) is 0 Å². The van der Waals surface area contributed by atoms with Gasteiger partial charge in [0.1, 0.15) is 18.2 Å². The highest BCUT2D eigenvalue weighted by molar-refractivity contribution is 9.10. The first-order valence-corrected chi connectivity index (χ1v) is 6.25. The molecule has 0 unspecified atom stereocenters. The number of carboxylic acid groups (broad SMARTS) is 1. The molecule has 0 aliphatic heterocycles. The predicted octanol–water partition coefficient (Wildman–Crippen LogP) is 3.87. The molecular weight excluding hydrogens is 315 g/mol. The van der Waals surface area contributed by atoms with E-state index in [1.54, 1.807) is 24.3 Å². The van der Waals surface area contributed by atoms with E-state index < -0.39 is 5.97 Å². The van der Waals surface area contributed by atoms with Gasteiger partial charge in [-0.1, -0.05) is 15.9 Å². The van der Waals surface area contributed by atoms with Gasteiger partial charge in [0.25, 0.3) is 0 Å². The first-order valence-electron chi connectivity index (χ1n) is 5.46. The second-order valence-electron chi connectivity index (χ2n) is 3.85. The number of halogens is 2. The largest absolute Gasteiger partial charge is 0.489 e. The van der Waals surface area contributed by atoms with Gasteiger partial charge in [-0.2, -0.15) is 0 Å². The Morgan fingerprint density at radius 3 is 2.53 bits per heavy atom. The van der Waals surface area contributed by atoms with Crippen LogP contribution in [-0.4, -0.2) is 11.1 Å². The third-order valence-corrected chi connectivity index (χ3v) is 3.00. The van der Waals surface area contributed by atoms with Crippen LogP contribution in [0.25, 0.3) is 0 Å². The molecule has 2 aromatic rings. The van der Waals surface area contributed by atoms with Crippen LogP contribution in [0.4, 0.5) is 4.39 Å². The van der Waals surface area contributed by atoms with E-state index in [-0.39, 0.29) is 18.0 Å². The number of hydrogen-bond acceptors (Lipinski definition) is 2. The van der Waals surface area contributed by atoms with Gasteiger partial charge in [0.05, 0.1) is 5.56 Å². The molecule has 0 aliphatic rings. The number of benzene rings is 2. The molecule has 2 rings (SSSR count). The predicted molar refractivity (Wildman–Crippen MR) is 71.8 cm³/mol. The summed E-state index contributed by atoms with van der Waals surface area (Å²) in [5.74, 6) is -0.848. The summed E-state index contributed by atoms with van der Waals surface area (Å²) in [4.78, 5) is 10.7. The average molecular weight is 325 g/mol. The lowest BCUT2D eigenvalue weighted by atomic mass is 10.2. The zero-order valence-electron chi connectivity index (χ0n) is 9.77. The number of aromatic carboxylic acids is 1. The fourth-order valence-electron chi connectivity index (χ4n) is 1.51. The van der Waals surface area contributed by atoms with E-state index in [9.17, 15) is 9.18 Å². The van der Waals surface area contributed by atoms with Gasteiger partial charge in [0.15, 0.2) is 0 Å². The van der Waals surface area contributed by atoms with Crippen LogP contribution < -0.4 is 4.74 Å². The van der Waals surface area contributed by atoms with Crippen LogP contribution in [0.5, 0.6) is 5.75 Å². The van der Waals surface area contributed by atoms with Crippen LogP contribution in [0.1, 0.15) is 15.9 Å². The van der Waals surface area contributed by atoms with Gasteiger partial charge in [-0.25, -0.2) is 9.18 Å². The van der Waals surface area contributed by atoms with Gasteiger partial charge in [0.2, 0.25) is 0 Å². The quantitative estimate of drug-likeness (QED) is 0.928. The molecule has 0 heterocycles. The van der Waals surface area contributed by atoms with Crippen molar-refractivity contribution in [3.8, 4) is 5.75 Å². The van der Waals surface area contributed by atoms with E-state index in [0.717, 1.165) is 4.47 Å². The molecule has 2 aromatic carbocycles. The smallest absolute Gasteiger partial charge is 0.335 e. The molecule has 1 N–H and O–H groups in total. The van der Waals surface area contributed by atoms with Gasteiger partial charge in [-0.3, -0.25) is 0 Å². The van der Waals surface area contributed by atoms with Gasteiger partial charge in [-0.05, 0) is 42.5 Å². The van der Waals surface area contributed by atoms with Crippen molar-refractivity contribution >= 4 is 21.9 Å². The minimum Gasteiger partial charge on any atom is -0.489 e. The van der Waals surface area contributed by atoms with Crippen molar-refractivity contribution in [2.75, 3.05) is 0 Å². The molecule has 0 fully saturated rings. The van der Waals surface area contributed by atoms with Crippen molar-refractivity contribution in [1.29, 1.82) is 0 Å². The van der Waals surface area contributed by atoms with Crippen molar-refractivity contribution in [1.82, 2.24) is 0 Å². The maximum absolute atomic E-state index is 13.5. The topological polar surface area (TPSA) is 46.5 Å². The fraction of sp³-hybridized carbons (Fsp3) is 0.0714. The first-order chi connectivity index (χ1) is 9.06. The summed E-state index contributed by atoms with van der Waals surface area (Å²) in [5, 5.41) is 8.75. The molecule has 0 aromatic heterocycles. The van der Waals surface area contributed by atoms with Crippen molar-refractivity contribution in [3.05, 3.63) is 63.9 Å². The number of rotatable bonds is 4. The van der Waals surface area contributed by atoms with Crippen LogP contribution in [0.3, 0.4) is 0 Å². The van der Waals surface area contributed by atoms with Gasteiger partial charge < -0.3 is 9.84 Å². The standard InChI is InChI=1S/C14H10BrFO3/c15-11-3-6-13(16)10(7-11)8-19-12-4-1-9(2-5-12)14(17)18/h1-7H,8H2,(H,17,18).